The topological polar surface area (TPSA) is 84.9 Å². The quantitative estimate of drug-likeness (QED) is 0.839. The molecular weight excluding hydrogens is 344 g/mol. The van der Waals surface area contributed by atoms with Crippen molar-refractivity contribution in [1.82, 2.24) is 9.62 Å². The summed E-state index contributed by atoms with van der Waals surface area (Å²) in [4.78, 5) is 14.2. The average Bonchev–Trinajstić information content (AvgIpc) is 3.04. The van der Waals surface area contributed by atoms with E-state index in [2.05, 4.69) is 4.72 Å². The van der Waals surface area contributed by atoms with Gasteiger partial charge in [0.1, 0.15) is 0 Å². The normalized spacial score (nSPS) is 20.1. The van der Waals surface area contributed by atoms with Crippen molar-refractivity contribution >= 4 is 15.9 Å². The van der Waals surface area contributed by atoms with E-state index in [1.54, 1.807) is 29.2 Å². The van der Waals surface area contributed by atoms with Crippen molar-refractivity contribution in [3.05, 3.63) is 29.8 Å². The Morgan fingerprint density at radius 2 is 1.76 bits per heavy atom. The number of hydrogen-bond donors (Lipinski definition) is 1. The van der Waals surface area contributed by atoms with Crippen LogP contribution in [0.2, 0.25) is 0 Å². The zero-order chi connectivity index (χ0) is 17.9. The number of carbonyl (C=O) groups excluding carboxylic acids is 1. The number of benzene rings is 1. The van der Waals surface area contributed by atoms with Crippen molar-refractivity contribution in [2.24, 2.45) is 0 Å². The Kier molecular flexibility index (Phi) is 5.43. The molecule has 138 valence electrons. The smallest absolute Gasteiger partial charge is 0.240 e. The Morgan fingerprint density at radius 1 is 1.16 bits per heavy atom. The Hall–Kier alpha value is -1.48. The third-order valence-electron chi connectivity index (χ3n) is 4.65. The van der Waals surface area contributed by atoms with Gasteiger partial charge in [-0.25, -0.2) is 13.1 Å². The molecule has 0 bridgehead atoms. The van der Waals surface area contributed by atoms with Gasteiger partial charge < -0.3 is 14.4 Å². The molecule has 0 aliphatic carbocycles. The Morgan fingerprint density at radius 3 is 2.36 bits per heavy atom. The monoisotopic (exact) mass is 368 g/mol. The van der Waals surface area contributed by atoms with Crippen LogP contribution >= 0.6 is 0 Å². The number of sulfonamides is 1. The Labute approximate surface area is 148 Å². The van der Waals surface area contributed by atoms with Gasteiger partial charge in [-0.1, -0.05) is 17.7 Å². The number of carbonyl (C=O) groups is 1. The molecule has 0 aromatic heterocycles. The van der Waals surface area contributed by atoms with E-state index < -0.39 is 15.8 Å². The lowest BCUT2D eigenvalue weighted by molar-refractivity contribution is -0.187. The molecule has 2 saturated heterocycles. The van der Waals surface area contributed by atoms with E-state index in [1.165, 1.54) is 0 Å². The van der Waals surface area contributed by atoms with Crippen LogP contribution in [0.15, 0.2) is 29.2 Å². The first-order chi connectivity index (χ1) is 11.9. The molecule has 25 heavy (non-hydrogen) atoms. The first kappa shape index (κ1) is 18.3. The van der Waals surface area contributed by atoms with E-state index in [4.69, 9.17) is 9.47 Å². The lowest BCUT2D eigenvalue weighted by Gasteiger charge is -2.37. The molecule has 1 N–H and O–H groups in total. The van der Waals surface area contributed by atoms with Gasteiger partial charge in [-0.15, -0.1) is 0 Å². The maximum Gasteiger partial charge on any atom is 0.240 e. The number of nitrogens with zero attached hydrogens (tertiary/aromatic N) is 1. The van der Waals surface area contributed by atoms with Crippen LogP contribution in [0.3, 0.4) is 0 Å². The number of rotatable bonds is 5. The highest BCUT2D eigenvalue weighted by molar-refractivity contribution is 7.89. The summed E-state index contributed by atoms with van der Waals surface area (Å²) in [7, 11) is -3.58. The van der Waals surface area contributed by atoms with Crippen LogP contribution in [-0.4, -0.2) is 57.9 Å². The summed E-state index contributed by atoms with van der Waals surface area (Å²) < 4.78 is 38.2. The van der Waals surface area contributed by atoms with Crippen LogP contribution in [0.5, 0.6) is 0 Å². The molecule has 3 rings (SSSR count). The van der Waals surface area contributed by atoms with E-state index >= 15 is 0 Å². The van der Waals surface area contributed by atoms with E-state index in [1.807, 2.05) is 6.92 Å². The minimum atomic E-state index is -3.58. The van der Waals surface area contributed by atoms with Crippen molar-refractivity contribution in [2.75, 3.05) is 32.8 Å². The number of piperidine rings is 1. The van der Waals surface area contributed by atoms with E-state index in [-0.39, 0.29) is 23.8 Å². The summed E-state index contributed by atoms with van der Waals surface area (Å²) in [5.41, 5.74) is 0.993. The molecular formula is C17H24N2O5S. The van der Waals surface area contributed by atoms with Gasteiger partial charge in [0.05, 0.1) is 18.1 Å². The average molecular weight is 368 g/mol. The first-order valence-corrected chi connectivity index (χ1v) is 10.0. The van der Waals surface area contributed by atoms with Crippen LogP contribution < -0.4 is 4.72 Å². The minimum Gasteiger partial charge on any atom is -0.347 e. The summed E-state index contributed by atoms with van der Waals surface area (Å²) >= 11 is 0. The third kappa shape index (κ3) is 4.38. The first-order valence-electron chi connectivity index (χ1n) is 8.52. The van der Waals surface area contributed by atoms with Gasteiger partial charge in [-0.05, 0) is 19.1 Å². The van der Waals surface area contributed by atoms with E-state index in [9.17, 15) is 13.2 Å². The Balaban J connectivity index is 1.45. The standard InChI is InChI=1S/C17H24N2O5S/c1-14-2-4-15(5-3-14)25(21,22)18-9-6-16(20)19-10-7-17(8-11-19)23-12-13-24-17/h2-5,18H,6-13H2,1H3. The van der Waals surface area contributed by atoms with Crippen molar-refractivity contribution in [3.8, 4) is 0 Å². The second-order valence-corrected chi connectivity index (χ2v) is 8.22. The second kappa shape index (κ2) is 7.41. The molecule has 0 radical (unpaired) electrons. The minimum absolute atomic E-state index is 0.0561. The van der Waals surface area contributed by atoms with Crippen LogP contribution in [0.4, 0.5) is 0 Å². The van der Waals surface area contributed by atoms with E-state index in [0.29, 0.717) is 39.1 Å². The second-order valence-electron chi connectivity index (χ2n) is 6.45. The van der Waals surface area contributed by atoms with Crippen LogP contribution in [-0.2, 0) is 24.3 Å². The van der Waals surface area contributed by atoms with Gasteiger partial charge in [0.15, 0.2) is 5.79 Å². The summed E-state index contributed by atoms with van der Waals surface area (Å²) in [6, 6.07) is 6.61. The molecule has 2 heterocycles. The molecule has 1 aromatic rings. The molecule has 0 atom stereocenters. The molecule has 8 heteroatoms. The number of nitrogens with one attached hydrogen (secondary N) is 1. The van der Waals surface area contributed by atoms with E-state index in [0.717, 1.165) is 5.56 Å². The molecule has 1 spiro atoms. The molecule has 2 fully saturated rings. The molecule has 0 saturated carbocycles. The van der Waals surface area contributed by atoms with Gasteiger partial charge in [0, 0.05) is 38.9 Å². The van der Waals surface area contributed by atoms with Crippen LogP contribution in [0.1, 0.15) is 24.8 Å². The molecule has 2 aliphatic rings. The summed E-state index contributed by atoms with van der Waals surface area (Å²) in [5, 5.41) is 0. The highest BCUT2D eigenvalue weighted by atomic mass is 32.2. The number of ether oxygens (including phenoxy) is 2. The molecule has 1 aromatic carbocycles. The zero-order valence-corrected chi connectivity index (χ0v) is 15.2. The molecule has 1 amide bonds. The number of likely N-dealkylation sites (tertiary alicyclic amines) is 1. The fraction of sp³-hybridized carbons (Fsp3) is 0.588. The van der Waals surface area contributed by atoms with Gasteiger partial charge >= 0.3 is 0 Å². The molecule has 7 nitrogen and oxygen atoms in total. The fourth-order valence-electron chi connectivity index (χ4n) is 3.13. The van der Waals surface area contributed by atoms with Crippen LogP contribution in [0.25, 0.3) is 0 Å². The van der Waals surface area contributed by atoms with Crippen molar-refractivity contribution < 1.29 is 22.7 Å². The highest BCUT2D eigenvalue weighted by Gasteiger charge is 2.40. The summed E-state index contributed by atoms with van der Waals surface area (Å²) in [6.07, 6.45) is 1.46. The summed E-state index contributed by atoms with van der Waals surface area (Å²) in [5.74, 6) is -0.566. The lowest BCUT2D eigenvalue weighted by atomic mass is 10.0. The zero-order valence-electron chi connectivity index (χ0n) is 14.4. The van der Waals surface area contributed by atoms with Gasteiger partial charge in [-0.3, -0.25) is 4.79 Å². The maximum atomic E-state index is 12.3. The maximum absolute atomic E-state index is 12.3. The predicted molar refractivity (Wildman–Crippen MR) is 91.4 cm³/mol. The van der Waals surface area contributed by atoms with Crippen molar-refractivity contribution in [3.63, 3.8) is 0 Å². The fourth-order valence-corrected chi connectivity index (χ4v) is 4.17. The highest BCUT2D eigenvalue weighted by Crippen LogP contribution is 2.31. The third-order valence-corrected chi connectivity index (χ3v) is 6.13. The van der Waals surface area contributed by atoms with Gasteiger partial charge in [-0.2, -0.15) is 0 Å². The van der Waals surface area contributed by atoms with Gasteiger partial charge in [0.2, 0.25) is 15.9 Å². The van der Waals surface area contributed by atoms with Gasteiger partial charge in [0.25, 0.3) is 0 Å². The van der Waals surface area contributed by atoms with Crippen LogP contribution in [0, 0.1) is 6.92 Å². The lowest BCUT2D eigenvalue weighted by Crippen LogP contribution is -2.47. The predicted octanol–water partition coefficient (Wildman–Crippen LogP) is 1.03. The van der Waals surface area contributed by atoms with Crippen molar-refractivity contribution in [2.45, 2.75) is 36.9 Å². The SMILES string of the molecule is Cc1ccc(S(=O)(=O)NCCC(=O)N2CCC3(CC2)OCCO3)cc1. The number of amides is 1. The Bertz CT molecular complexity index is 701. The largest absolute Gasteiger partial charge is 0.347 e. The molecule has 2 aliphatic heterocycles. The molecule has 0 unspecified atom stereocenters. The summed E-state index contributed by atoms with van der Waals surface area (Å²) in [6.45, 7) is 4.34. The number of aryl methyl sites for hydroxylation is 1. The number of hydrogen-bond acceptors (Lipinski definition) is 5. The van der Waals surface area contributed by atoms with Crippen molar-refractivity contribution in [1.29, 1.82) is 0 Å².